The van der Waals surface area contributed by atoms with Crippen molar-refractivity contribution in [3.05, 3.63) is 59.9 Å². The van der Waals surface area contributed by atoms with E-state index in [1.54, 1.807) is 6.20 Å². The van der Waals surface area contributed by atoms with E-state index in [-0.39, 0.29) is 5.91 Å². The van der Waals surface area contributed by atoms with Gasteiger partial charge in [0.15, 0.2) is 11.6 Å². The number of aromatic nitrogens is 4. The average molecular weight is 391 g/mol. The molecule has 1 aliphatic heterocycles. The molecule has 29 heavy (non-hydrogen) atoms. The van der Waals surface area contributed by atoms with Crippen LogP contribution in [0.25, 0.3) is 5.69 Å². The molecule has 0 unspecified atom stereocenters. The predicted molar refractivity (Wildman–Crippen MR) is 113 cm³/mol. The summed E-state index contributed by atoms with van der Waals surface area (Å²) >= 11 is 0. The van der Waals surface area contributed by atoms with E-state index in [9.17, 15) is 4.79 Å². The van der Waals surface area contributed by atoms with Gasteiger partial charge in [0.05, 0.1) is 23.1 Å². The first-order valence-corrected chi connectivity index (χ1v) is 9.70. The van der Waals surface area contributed by atoms with Crippen molar-refractivity contribution in [2.45, 2.75) is 6.92 Å². The van der Waals surface area contributed by atoms with Gasteiger partial charge in [-0.15, -0.1) is 10.2 Å². The maximum Gasteiger partial charge on any atom is 0.257 e. The maximum atomic E-state index is 13.0. The summed E-state index contributed by atoms with van der Waals surface area (Å²) in [7, 11) is 3.88. The van der Waals surface area contributed by atoms with E-state index in [2.05, 4.69) is 20.2 Å². The van der Waals surface area contributed by atoms with Crippen LogP contribution in [-0.4, -0.2) is 71.1 Å². The largest absolute Gasteiger partial charge is 0.361 e. The average Bonchev–Trinajstić information content (AvgIpc) is 3.15. The molecular formula is C21H25N7O. The zero-order chi connectivity index (χ0) is 20.4. The molecule has 3 aromatic rings. The minimum atomic E-state index is 0.0263. The smallest absolute Gasteiger partial charge is 0.257 e. The van der Waals surface area contributed by atoms with Gasteiger partial charge in [-0.2, -0.15) is 5.10 Å². The molecule has 0 radical (unpaired) electrons. The number of carbonyl (C=O) groups is 1. The zero-order valence-electron chi connectivity index (χ0n) is 17.0. The molecule has 8 heteroatoms. The highest BCUT2D eigenvalue weighted by molar-refractivity contribution is 5.95. The lowest BCUT2D eigenvalue weighted by Crippen LogP contribution is -2.49. The summed E-state index contributed by atoms with van der Waals surface area (Å²) in [4.78, 5) is 19.0. The Kier molecular flexibility index (Phi) is 5.16. The van der Waals surface area contributed by atoms with Crippen molar-refractivity contribution in [3.8, 4) is 5.69 Å². The summed E-state index contributed by atoms with van der Waals surface area (Å²) in [6, 6.07) is 13.8. The van der Waals surface area contributed by atoms with Crippen LogP contribution in [0.4, 0.5) is 11.6 Å². The third-order valence-corrected chi connectivity index (χ3v) is 5.23. The summed E-state index contributed by atoms with van der Waals surface area (Å²) < 4.78 is 1.81. The summed E-state index contributed by atoms with van der Waals surface area (Å²) in [5, 5.41) is 13.0. The molecule has 0 aliphatic carbocycles. The van der Waals surface area contributed by atoms with Gasteiger partial charge in [0, 0.05) is 40.3 Å². The molecule has 1 aromatic carbocycles. The molecule has 2 aromatic heterocycles. The third-order valence-electron chi connectivity index (χ3n) is 5.23. The predicted octanol–water partition coefficient (Wildman–Crippen LogP) is 2.00. The van der Waals surface area contributed by atoms with E-state index < -0.39 is 0 Å². The van der Waals surface area contributed by atoms with Gasteiger partial charge in [-0.25, -0.2) is 4.68 Å². The first-order valence-electron chi connectivity index (χ1n) is 9.70. The lowest BCUT2D eigenvalue weighted by atomic mass is 10.2. The molecule has 3 heterocycles. The minimum absolute atomic E-state index is 0.0263. The second-order valence-corrected chi connectivity index (χ2v) is 7.31. The Morgan fingerprint density at radius 3 is 2.31 bits per heavy atom. The molecule has 0 saturated carbocycles. The second kappa shape index (κ2) is 7.90. The van der Waals surface area contributed by atoms with Crippen molar-refractivity contribution in [1.82, 2.24) is 24.9 Å². The van der Waals surface area contributed by atoms with E-state index in [0.717, 1.165) is 36.1 Å². The zero-order valence-corrected chi connectivity index (χ0v) is 17.0. The number of nitrogens with zero attached hydrogens (tertiary/aromatic N) is 7. The number of hydrogen-bond acceptors (Lipinski definition) is 6. The number of carbonyl (C=O) groups excluding carboxylic acids is 1. The number of amides is 1. The van der Waals surface area contributed by atoms with Crippen molar-refractivity contribution in [2.24, 2.45) is 0 Å². The normalized spacial score (nSPS) is 14.2. The first kappa shape index (κ1) is 18.9. The highest BCUT2D eigenvalue weighted by Crippen LogP contribution is 2.19. The van der Waals surface area contributed by atoms with E-state index in [4.69, 9.17) is 0 Å². The highest BCUT2D eigenvalue weighted by atomic mass is 16.2. The van der Waals surface area contributed by atoms with Gasteiger partial charge in [-0.1, -0.05) is 18.2 Å². The molecule has 0 N–H and O–H groups in total. The number of anilines is 2. The minimum Gasteiger partial charge on any atom is -0.361 e. The van der Waals surface area contributed by atoms with Crippen molar-refractivity contribution in [3.63, 3.8) is 0 Å². The molecule has 4 rings (SSSR count). The monoisotopic (exact) mass is 391 g/mol. The molecule has 1 fully saturated rings. The molecular weight excluding hydrogens is 366 g/mol. The number of piperazine rings is 1. The Labute approximate surface area is 170 Å². The molecule has 1 amide bonds. The van der Waals surface area contributed by atoms with E-state index in [0.29, 0.717) is 18.7 Å². The van der Waals surface area contributed by atoms with Gasteiger partial charge in [0.1, 0.15) is 0 Å². The molecule has 1 aliphatic rings. The van der Waals surface area contributed by atoms with Crippen molar-refractivity contribution in [2.75, 3.05) is 50.1 Å². The molecule has 0 spiro atoms. The number of rotatable bonds is 4. The lowest BCUT2D eigenvalue weighted by molar-refractivity contribution is 0.0745. The van der Waals surface area contributed by atoms with Crippen LogP contribution in [0, 0.1) is 6.92 Å². The van der Waals surface area contributed by atoms with Crippen LogP contribution in [0.1, 0.15) is 16.1 Å². The van der Waals surface area contributed by atoms with Crippen molar-refractivity contribution >= 4 is 17.5 Å². The Bertz CT molecular complexity index is 974. The van der Waals surface area contributed by atoms with Gasteiger partial charge in [0.25, 0.3) is 5.91 Å². The van der Waals surface area contributed by atoms with Gasteiger partial charge in [-0.05, 0) is 31.2 Å². The van der Waals surface area contributed by atoms with Gasteiger partial charge in [0.2, 0.25) is 0 Å². The fourth-order valence-electron chi connectivity index (χ4n) is 3.48. The SMILES string of the molecule is Cc1c(C(=O)N2CCN(c3ccc(N(C)C)nn3)CC2)cnn1-c1ccccc1. The summed E-state index contributed by atoms with van der Waals surface area (Å²) in [6.07, 6.45) is 1.67. The molecule has 8 nitrogen and oxygen atoms in total. The third kappa shape index (κ3) is 3.78. The van der Waals surface area contributed by atoms with Crippen LogP contribution in [0.15, 0.2) is 48.7 Å². The van der Waals surface area contributed by atoms with Crippen molar-refractivity contribution in [1.29, 1.82) is 0 Å². The molecule has 0 bridgehead atoms. The first-order chi connectivity index (χ1) is 14.0. The second-order valence-electron chi connectivity index (χ2n) is 7.31. The number of para-hydroxylation sites is 1. The maximum absolute atomic E-state index is 13.0. The van der Waals surface area contributed by atoms with Crippen molar-refractivity contribution < 1.29 is 4.79 Å². The summed E-state index contributed by atoms with van der Waals surface area (Å²) in [5.41, 5.74) is 2.46. The summed E-state index contributed by atoms with van der Waals surface area (Å²) in [5.74, 6) is 1.70. The van der Waals surface area contributed by atoms with Crippen LogP contribution in [-0.2, 0) is 0 Å². The van der Waals surface area contributed by atoms with Gasteiger partial charge >= 0.3 is 0 Å². The van der Waals surface area contributed by atoms with Crippen LogP contribution in [0.2, 0.25) is 0 Å². The van der Waals surface area contributed by atoms with E-state index in [1.165, 1.54) is 0 Å². The van der Waals surface area contributed by atoms with E-state index in [1.807, 2.05) is 78.0 Å². The fraction of sp³-hybridized carbons (Fsp3) is 0.333. The van der Waals surface area contributed by atoms with Crippen LogP contribution >= 0.6 is 0 Å². The number of hydrogen-bond donors (Lipinski definition) is 0. The van der Waals surface area contributed by atoms with Gasteiger partial charge in [-0.3, -0.25) is 4.79 Å². The summed E-state index contributed by atoms with van der Waals surface area (Å²) in [6.45, 7) is 4.68. The molecule has 1 saturated heterocycles. The lowest BCUT2D eigenvalue weighted by Gasteiger charge is -2.35. The Morgan fingerprint density at radius 2 is 1.69 bits per heavy atom. The van der Waals surface area contributed by atoms with Crippen LogP contribution in [0.5, 0.6) is 0 Å². The fourth-order valence-corrected chi connectivity index (χ4v) is 3.48. The highest BCUT2D eigenvalue weighted by Gasteiger charge is 2.25. The molecule has 150 valence electrons. The Hall–Kier alpha value is -3.42. The topological polar surface area (TPSA) is 70.4 Å². The van der Waals surface area contributed by atoms with E-state index >= 15 is 0 Å². The quantitative estimate of drug-likeness (QED) is 0.678. The van der Waals surface area contributed by atoms with Crippen LogP contribution < -0.4 is 9.80 Å². The number of benzene rings is 1. The standard InChI is InChI=1S/C21H25N7O/c1-16-18(15-22-28(16)17-7-5-4-6-8-17)21(29)27-13-11-26(12-14-27)20-10-9-19(23-24-20)25(2)3/h4-10,15H,11-14H2,1-3H3. The molecule has 0 atom stereocenters. The Balaban J connectivity index is 1.42. The van der Waals surface area contributed by atoms with Gasteiger partial charge < -0.3 is 14.7 Å². The Morgan fingerprint density at radius 1 is 0.966 bits per heavy atom. The van der Waals surface area contributed by atoms with Crippen LogP contribution in [0.3, 0.4) is 0 Å².